The number of carboxylic acids is 1. The van der Waals surface area contributed by atoms with Gasteiger partial charge >= 0.3 is 5.97 Å². The Morgan fingerprint density at radius 1 is 1.62 bits per heavy atom. The predicted molar refractivity (Wildman–Crippen MR) is 46.5 cm³/mol. The molecule has 1 rings (SSSR count). The van der Waals surface area contributed by atoms with Gasteiger partial charge in [0.2, 0.25) is 0 Å². The highest BCUT2D eigenvalue weighted by Crippen LogP contribution is 2.32. The summed E-state index contributed by atoms with van der Waals surface area (Å²) in [6, 6.07) is 0. The molecular weight excluding hydrogens is 172 g/mol. The number of aliphatic hydroxyl groups is 1. The molecule has 2 N–H and O–H groups in total. The third-order valence-corrected chi connectivity index (χ3v) is 2.67. The van der Waals surface area contributed by atoms with E-state index < -0.39 is 11.6 Å². The lowest BCUT2D eigenvalue weighted by atomic mass is 9.80. The molecule has 0 radical (unpaired) electrons. The van der Waals surface area contributed by atoms with Gasteiger partial charge in [0.1, 0.15) is 5.60 Å². The minimum Gasteiger partial charge on any atom is -0.481 e. The van der Waals surface area contributed by atoms with E-state index in [0.717, 1.165) is 19.3 Å². The molecule has 0 heterocycles. The molecule has 0 aromatic rings. The van der Waals surface area contributed by atoms with Crippen LogP contribution in [0.25, 0.3) is 0 Å². The number of rotatable bonds is 3. The van der Waals surface area contributed by atoms with Crippen molar-refractivity contribution in [2.75, 3.05) is 7.11 Å². The zero-order valence-electron chi connectivity index (χ0n) is 7.82. The molecule has 2 atom stereocenters. The average molecular weight is 188 g/mol. The molecule has 0 aromatic heterocycles. The van der Waals surface area contributed by atoms with Gasteiger partial charge in [-0.05, 0) is 12.8 Å². The average Bonchev–Trinajstić information content (AvgIpc) is 2.03. The molecule has 13 heavy (non-hydrogen) atoms. The summed E-state index contributed by atoms with van der Waals surface area (Å²) in [5.41, 5.74) is -1.15. The van der Waals surface area contributed by atoms with E-state index in [1.807, 2.05) is 0 Å². The number of methoxy groups -OCH3 is 1. The third kappa shape index (κ3) is 2.42. The highest BCUT2D eigenvalue weighted by molar-refractivity contribution is 5.68. The lowest BCUT2D eigenvalue weighted by Crippen LogP contribution is -2.47. The predicted octanol–water partition coefficient (Wildman–Crippen LogP) is 0.781. The second-order valence-corrected chi connectivity index (χ2v) is 3.64. The van der Waals surface area contributed by atoms with Crippen molar-refractivity contribution in [1.29, 1.82) is 0 Å². The van der Waals surface area contributed by atoms with Crippen LogP contribution in [0.5, 0.6) is 0 Å². The fourth-order valence-electron chi connectivity index (χ4n) is 1.99. The van der Waals surface area contributed by atoms with Crippen molar-refractivity contribution in [3.8, 4) is 0 Å². The van der Waals surface area contributed by atoms with Gasteiger partial charge in [-0.15, -0.1) is 0 Å². The number of ether oxygens (including phenoxy) is 1. The maximum absolute atomic E-state index is 10.5. The Morgan fingerprint density at radius 3 is 2.85 bits per heavy atom. The van der Waals surface area contributed by atoms with Gasteiger partial charge in [0.15, 0.2) is 0 Å². The van der Waals surface area contributed by atoms with Crippen LogP contribution < -0.4 is 0 Å². The molecule has 1 fully saturated rings. The van der Waals surface area contributed by atoms with E-state index in [2.05, 4.69) is 0 Å². The minimum atomic E-state index is -1.15. The van der Waals surface area contributed by atoms with Gasteiger partial charge in [-0.1, -0.05) is 12.8 Å². The standard InChI is InChI=1S/C9H16O4/c1-13-7-4-2-3-5-9(7,12)6-8(10)11/h7,12H,2-6H2,1H3,(H,10,11). The van der Waals surface area contributed by atoms with Crippen molar-refractivity contribution in [3.05, 3.63) is 0 Å². The summed E-state index contributed by atoms with van der Waals surface area (Å²) in [6.07, 6.45) is 2.62. The Morgan fingerprint density at radius 2 is 2.31 bits per heavy atom. The zero-order chi connectivity index (χ0) is 9.90. The molecule has 4 heteroatoms. The minimum absolute atomic E-state index is 0.217. The number of aliphatic carboxylic acids is 1. The van der Waals surface area contributed by atoms with Crippen LogP contribution in [0.4, 0.5) is 0 Å². The van der Waals surface area contributed by atoms with E-state index in [-0.39, 0.29) is 12.5 Å². The summed E-state index contributed by atoms with van der Waals surface area (Å²) >= 11 is 0. The second kappa shape index (κ2) is 4.07. The van der Waals surface area contributed by atoms with Crippen LogP contribution >= 0.6 is 0 Å². The van der Waals surface area contributed by atoms with Gasteiger partial charge in [0.25, 0.3) is 0 Å². The Labute approximate surface area is 77.5 Å². The van der Waals surface area contributed by atoms with E-state index in [1.54, 1.807) is 0 Å². The van der Waals surface area contributed by atoms with E-state index in [0.29, 0.717) is 6.42 Å². The van der Waals surface area contributed by atoms with Crippen molar-refractivity contribution in [1.82, 2.24) is 0 Å². The first-order valence-electron chi connectivity index (χ1n) is 4.55. The SMILES string of the molecule is COC1CCCCC1(O)CC(=O)O. The second-order valence-electron chi connectivity index (χ2n) is 3.64. The summed E-state index contributed by atoms with van der Waals surface area (Å²) < 4.78 is 5.09. The van der Waals surface area contributed by atoms with E-state index in [4.69, 9.17) is 9.84 Å². The van der Waals surface area contributed by atoms with Crippen LogP contribution in [0.3, 0.4) is 0 Å². The van der Waals surface area contributed by atoms with Gasteiger partial charge in [-0.2, -0.15) is 0 Å². The molecule has 0 aromatic carbocycles. The highest BCUT2D eigenvalue weighted by atomic mass is 16.5. The van der Waals surface area contributed by atoms with Crippen LogP contribution in [0, 0.1) is 0 Å². The molecule has 0 amide bonds. The van der Waals surface area contributed by atoms with Crippen LogP contribution in [0.15, 0.2) is 0 Å². The van der Waals surface area contributed by atoms with Crippen LogP contribution in [0.1, 0.15) is 32.1 Å². The molecule has 76 valence electrons. The quantitative estimate of drug-likeness (QED) is 0.686. The smallest absolute Gasteiger partial charge is 0.306 e. The maximum atomic E-state index is 10.5. The highest BCUT2D eigenvalue weighted by Gasteiger charge is 2.40. The molecule has 4 nitrogen and oxygen atoms in total. The van der Waals surface area contributed by atoms with Crippen molar-refractivity contribution >= 4 is 5.97 Å². The maximum Gasteiger partial charge on any atom is 0.306 e. The molecule has 0 spiro atoms. The lowest BCUT2D eigenvalue weighted by molar-refractivity contribution is -0.157. The summed E-state index contributed by atoms with van der Waals surface area (Å²) in [5.74, 6) is -0.966. The van der Waals surface area contributed by atoms with Gasteiger partial charge in [-0.25, -0.2) is 0 Å². The summed E-state index contributed by atoms with van der Waals surface area (Å²) in [7, 11) is 1.52. The summed E-state index contributed by atoms with van der Waals surface area (Å²) in [5, 5.41) is 18.6. The van der Waals surface area contributed by atoms with E-state index >= 15 is 0 Å². The van der Waals surface area contributed by atoms with Gasteiger partial charge in [0.05, 0.1) is 12.5 Å². The molecule has 1 saturated carbocycles. The first-order chi connectivity index (χ1) is 6.08. The molecule has 1 aliphatic carbocycles. The third-order valence-electron chi connectivity index (χ3n) is 2.67. The zero-order valence-corrected chi connectivity index (χ0v) is 7.82. The first kappa shape index (κ1) is 10.5. The van der Waals surface area contributed by atoms with Gasteiger partial charge in [0, 0.05) is 7.11 Å². The Hall–Kier alpha value is -0.610. The molecule has 0 saturated heterocycles. The Balaban J connectivity index is 2.64. The fourth-order valence-corrected chi connectivity index (χ4v) is 1.99. The Bertz CT molecular complexity index is 192. The van der Waals surface area contributed by atoms with E-state index in [1.165, 1.54) is 7.11 Å². The van der Waals surface area contributed by atoms with Gasteiger partial charge < -0.3 is 14.9 Å². The summed E-state index contributed by atoms with van der Waals surface area (Å²) in [4.78, 5) is 10.5. The monoisotopic (exact) mass is 188 g/mol. The number of carbonyl (C=O) groups is 1. The van der Waals surface area contributed by atoms with Crippen molar-refractivity contribution in [2.24, 2.45) is 0 Å². The lowest BCUT2D eigenvalue weighted by Gasteiger charge is -2.37. The molecule has 0 bridgehead atoms. The largest absolute Gasteiger partial charge is 0.481 e. The van der Waals surface area contributed by atoms with E-state index in [9.17, 15) is 9.90 Å². The van der Waals surface area contributed by atoms with Crippen molar-refractivity contribution in [2.45, 2.75) is 43.8 Å². The Kier molecular flexibility index (Phi) is 3.27. The first-order valence-corrected chi connectivity index (χ1v) is 4.55. The topological polar surface area (TPSA) is 66.8 Å². The van der Waals surface area contributed by atoms with Crippen LogP contribution in [0.2, 0.25) is 0 Å². The van der Waals surface area contributed by atoms with Crippen molar-refractivity contribution in [3.63, 3.8) is 0 Å². The van der Waals surface area contributed by atoms with Gasteiger partial charge in [-0.3, -0.25) is 4.79 Å². The molecule has 2 unspecified atom stereocenters. The molecule has 1 aliphatic rings. The summed E-state index contributed by atoms with van der Waals surface area (Å²) in [6.45, 7) is 0. The van der Waals surface area contributed by atoms with Crippen molar-refractivity contribution < 1.29 is 19.7 Å². The molecular formula is C9H16O4. The fraction of sp³-hybridized carbons (Fsp3) is 0.889. The van der Waals surface area contributed by atoms with Crippen LogP contribution in [-0.4, -0.2) is 35.0 Å². The number of hydrogen-bond acceptors (Lipinski definition) is 3. The molecule has 0 aliphatic heterocycles. The number of hydrogen-bond donors (Lipinski definition) is 2. The van der Waals surface area contributed by atoms with Crippen LogP contribution in [-0.2, 0) is 9.53 Å². The number of carboxylic acid groups (broad SMARTS) is 1. The normalized spacial score (nSPS) is 34.5.